The van der Waals surface area contributed by atoms with Gasteiger partial charge >= 0.3 is 0 Å². The number of rotatable bonds is 3. The molecule has 1 amide bonds. The molecular weight excluding hydrogens is 407 g/mol. The Hall–Kier alpha value is -4.32. The Morgan fingerprint density at radius 3 is 2.44 bits per heavy atom. The lowest BCUT2D eigenvalue weighted by molar-refractivity contribution is -0.132. The van der Waals surface area contributed by atoms with Crippen molar-refractivity contribution in [2.24, 2.45) is 0 Å². The number of fused-ring (bicyclic) bond motifs is 1. The highest BCUT2D eigenvalue weighted by Crippen LogP contribution is 2.42. The number of amides is 1. The summed E-state index contributed by atoms with van der Waals surface area (Å²) in [4.78, 5) is 31.8. The summed E-state index contributed by atoms with van der Waals surface area (Å²) in [6.07, 6.45) is 1.54. The van der Waals surface area contributed by atoms with E-state index in [2.05, 4.69) is 4.98 Å². The topological polar surface area (TPSA) is 70.5 Å². The zero-order valence-electron chi connectivity index (χ0n) is 16.8. The first-order valence-electron chi connectivity index (χ1n) is 10.0. The number of ketones is 1. The van der Waals surface area contributed by atoms with Crippen LogP contribution in [0.5, 0.6) is 0 Å². The Bertz CT molecular complexity index is 1390. The molecule has 6 heteroatoms. The molecule has 1 aliphatic heterocycles. The summed E-state index contributed by atoms with van der Waals surface area (Å²) in [7, 11) is 0. The van der Waals surface area contributed by atoms with Gasteiger partial charge in [-0.1, -0.05) is 54.6 Å². The van der Waals surface area contributed by atoms with E-state index in [1.165, 1.54) is 23.1 Å². The third-order valence-corrected chi connectivity index (χ3v) is 5.54. The van der Waals surface area contributed by atoms with Crippen LogP contribution in [0, 0.1) is 5.82 Å². The largest absolute Gasteiger partial charge is 0.507 e. The van der Waals surface area contributed by atoms with Crippen molar-refractivity contribution in [2.45, 2.75) is 6.04 Å². The smallest absolute Gasteiger partial charge is 0.300 e. The molecular formula is C26H17FN2O3. The fraction of sp³-hybridized carbons (Fsp3) is 0.0385. The zero-order valence-corrected chi connectivity index (χ0v) is 16.8. The monoisotopic (exact) mass is 424 g/mol. The number of hydrogen-bond acceptors (Lipinski definition) is 4. The second-order valence-electron chi connectivity index (χ2n) is 7.43. The Kier molecular flexibility index (Phi) is 4.75. The summed E-state index contributed by atoms with van der Waals surface area (Å²) in [5, 5.41) is 13.0. The van der Waals surface area contributed by atoms with Crippen molar-refractivity contribution >= 4 is 33.9 Å². The van der Waals surface area contributed by atoms with Gasteiger partial charge in [0, 0.05) is 17.4 Å². The van der Waals surface area contributed by atoms with Crippen molar-refractivity contribution in [1.82, 2.24) is 4.98 Å². The molecule has 0 bridgehead atoms. The van der Waals surface area contributed by atoms with Crippen LogP contribution in [0.3, 0.4) is 0 Å². The standard InChI is InChI=1S/C26H17FN2O3/c27-17-9-6-10-18(15-17)29-23(21-13-3-4-14-28-21)22(25(31)26(29)32)24(30)20-12-5-8-16-7-1-2-11-19(16)20/h1-15,23,30H/b24-22-. The normalized spacial score (nSPS) is 17.8. The zero-order chi connectivity index (χ0) is 22.2. The van der Waals surface area contributed by atoms with Gasteiger partial charge in [-0.25, -0.2) is 4.39 Å². The molecule has 1 atom stereocenters. The van der Waals surface area contributed by atoms with Crippen LogP contribution in [0.15, 0.2) is 96.7 Å². The van der Waals surface area contributed by atoms with Crippen LogP contribution in [0.25, 0.3) is 16.5 Å². The van der Waals surface area contributed by atoms with E-state index in [1.807, 2.05) is 30.3 Å². The lowest BCUT2D eigenvalue weighted by Gasteiger charge is -2.24. The average Bonchev–Trinajstić information content (AvgIpc) is 3.09. The van der Waals surface area contributed by atoms with Crippen molar-refractivity contribution in [2.75, 3.05) is 4.90 Å². The molecule has 5 rings (SSSR count). The van der Waals surface area contributed by atoms with Crippen LogP contribution < -0.4 is 4.90 Å². The second-order valence-corrected chi connectivity index (χ2v) is 7.43. The molecule has 32 heavy (non-hydrogen) atoms. The molecule has 1 aromatic heterocycles. The van der Waals surface area contributed by atoms with E-state index in [9.17, 15) is 19.1 Å². The molecule has 156 valence electrons. The SMILES string of the molecule is O=C1C(=O)N(c2cccc(F)c2)C(c2ccccn2)/C1=C(/O)c1cccc2ccccc12. The van der Waals surface area contributed by atoms with Crippen molar-refractivity contribution in [3.63, 3.8) is 0 Å². The molecule has 3 aromatic carbocycles. The maximum absolute atomic E-state index is 14.0. The highest BCUT2D eigenvalue weighted by molar-refractivity contribution is 6.51. The van der Waals surface area contributed by atoms with Crippen molar-refractivity contribution in [3.05, 3.63) is 114 Å². The van der Waals surface area contributed by atoms with E-state index in [0.29, 0.717) is 11.3 Å². The van der Waals surface area contributed by atoms with Crippen LogP contribution >= 0.6 is 0 Å². The number of aromatic nitrogens is 1. The highest BCUT2D eigenvalue weighted by Gasteiger charge is 2.47. The number of carbonyl (C=O) groups is 2. The van der Waals surface area contributed by atoms with Gasteiger partial charge in [0.25, 0.3) is 11.7 Å². The lowest BCUT2D eigenvalue weighted by atomic mass is 9.95. The minimum atomic E-state index is -1.00. The molecule has 0 radical (unpaired) electrons. The van der Waals surface area contributed by atoms with Crippen molar-refractivity contribution < 1.29 is 19.1 Å². The predicted octanol–water partition coefficient (Wildman–Crippen LogP) is 5.00. The first kappa shape index (κ1) is 19.6. The van der Waals surface area contributed by atoms with Crippen molar-refractivity contribution in [1.29, 1.82) is 0 Å². The Morgan fingerprint density at radius 1 is 0.906 bits per heavy atom. The maximum atomic E-state index is 14.0. The van der Waals surface area contributed by atoms with Gasteiger partial charge in [-0.3, -0.25) is 19.5 Å². The van der Waals surface area contributed by atoms with Gasteiger partial charge < -0.3 is 5.11 Å². The number of aliphatic hydroxyl groups excluding tert-OH is 1. The van der Waals surface area contributed by atoms with E-state index >= 15 is 0 Å². The fourth-order valence-electron chi connectivity index (χ4n) is 4.12. The third kappa shape index (κ3) is 3.13. The van der Waals surface area contributed by atoms with Crippen LogP contribution in [-0.2, 0) is 9.59 Å². The van der Waals surface area contributed by atoms with E-state index in [4.69, 9.17) is 0 Å². The summed E-state index contributed by atoms with van der Waals surface area (Å²) >= 11 is 0. The number of nitrogens with zero attached hydrogens (tertiary/aromatic N) is 2. The average molecular weight is 424 g/mol. The Morgan fingerprint density at radius 2 is 1.66 bits per heavy atom. The Balaban J connectivity index is 1.78. The molecule has 1 saturated heterocycles. The summed E-state index contributed by atoms with van der Waals surface area (Å²) in [5.41, 5.74) is 0.938. The molecule has 1 unspecified atom stereocenters. The van der Waals surface area contributed by atoms with Gasteiger partial charge in [0.1, 0.15) is 17.6 Å². The van der Waals surface area contributed by atoms with Gasteiger partial charge in [0.2, 0.25) is 0 Å². The molecule has 0 saturated carbocycles. The summed E-state index contributed by atoms with van der Waals surface area (Å²) in [6, 6.07) is 22.4. The molecule has 0 aliphatic carbocycles. The van der Waals surface area contributed by atoms with E-state index in [1.54, 1.807) is 42.6 Å². The van der Waals surface area contributed by atoms with Crippen LogP contribution in [0.1, 0.15) is 17.3 Å². The molecule has 1 fully saturated rings. The van der Waals surface area contributed by atoms with Crippen LogP contribution in [0.4, 0.5) is 10.1 Å². The highest BCUT2D eigenvalue weighted by atomic mass is 19.1. The van der Waals surface area contributed by atoms with Crippen LogP contribution in [0.2, 0.25) is 0 Å². The molecule has 1 aliphatic rings. The van der Waals surface area contributed by atoms with Gasteiger partial charge in [-0.15, -0.1) is 0 Å². The second kappa shape index (κ2) is 7.74. The van der Waals surface area contributed by atoms with Crippen molar-refractivity contribution in [3.8, 4) is 0 Å². The predicted molar refractivity (Wildman–Crippen MR) is 119 cm³/mol. The molecule has 0 spiro atoms. The van der Waals surface area contributed by atoms with Gasteiger partial charge in [0.15, 0.2) is 0 Å². The van der Waals surface area contributed by atoms with Gasteiger partial charge in [0.05, 0.1) is 11.3 Å². The number of anilines is 1. The lowest BCUT2D eigenvalue weighted by Crippen LogP contribution is -2.29. The van der Waals surface area contributed by atoms with Crippen LogP contribution in [-0.4, -0.2) is 21.8 Å². The number of aliphatic hydroxyl groups is 1. The number of carbonyl (C=O) groups excluding carboxylic acids is 2. The first-order chi connectivity index (χ1) is 15.6. The molecule has 5 nitrogen and oxygen atoms in total. The number of benzene rings is 3. The van der Waals surface area contributed by atoms with E-state index in [-0.39, 0.29) is 17.0 Å². The maximum Gasteiger partial charge on any atom is 0.300 e. The number of hydrogen-bond donors (Lipinski definition) is 1. The quantitative estimate of drug-likeness (QED) is 0.285. The molecule has 1 N–H and O–H groups in total. The molecule has 2 heterocycles. The first-order valence-corrected chi connectivity index (χ1v) is 10.0. The van der Waals surface area contributed by atoms with Gasteiger partial charge in [-0.2, -0.15) is 0 Å². The van der Waals surface area contributed by atoms with E-state index < -0.39 is 23.5 Å². The minimum Gasteiger partial charge on any atom is -0.507 e. The number of halogens is 1. The summed E-state index contributed by atoms with van der Waals surface area (Å²) in [5.74, 6) is -2.55. The minimum absolute atomic E-state index is 0.0886. The third-order valence-electron chi connectivity index (χ3n) is 5.54. The molecule has 4 aromatic rings. The fourth-order valence-corrected chi connectivity index (χ4v) is 4.12. The Labute approximate surface area is 183 Å². The number of Topliss-reactive ketones (excluding diaryl/α,β-unsaturated/α-hetero) is 1. The van der Waals surface area contributed by atoms with E-state index in [0.717, 1.165) is 10.8 Å². The number of pyridine rings is 1. The summed E-state index contributed by atoms with van der Waals surface area (Å²) in [6.45, 7) is 0. The summed E-state index contributed by atoms with van der Waals surface area (Å²) < 4.78 is 14.0. The van der Waals surface area contributed by atoms with Gasteiger partial charge in [-0.05, 0) is 41.1 Å².